The highest BCUT2D eigenvalue weighted by Gasteiger charge is 2.27. The number of benzene rings is 2. The van der Waals surface area contributed by atoms with E-state index >= 15 is 0 Å². The Morgan fingerprint density at radius 3 is 2.33 bits per heavy atom. The van der Waals surface area contributed by atoms with Crippen LogP contribution in [-0.4, -0.2) is 26.3 Å². The van der Waals surface area contributed by atoms with Gasteiger partial charge in [-0.1, -0.05) is 42.5 Å². The van der Waals surface area contributed by atoms with Crippen molar-refractivity contribution in [3.8, 4) is 11.5 Å². The maximum Gasteiger partial charge on any atom is 0.161 e. The molecule has 0 bridgehead atoms. The van der Waals surface area contributed by atoms with Crippen molar-refractivity contribution < 1.29 is 9.47 Å². The van der Waals surface area contributed by atoms with Gasteiger partial charge < -0.3 is 14.8 Å². The van der Waals surface area contributed by atoms with E-state index in [1.54, 1.807) is 0 Å². The summed E-state index contributed by atoms with van der Waals surface area (Å²) in [6.07, 6.45) is 1.16. The minimum atomic E-state index is 0. The van der Waals surface area contributed by atoms with Crippen LogP contribution in [0.3, 0.4) is 0 Å². The van der Waals surface area contributed by atoms with Crippen molar-refractivity contribution in [1.29, 1.82) is 0 Å². The first kappa shape index (κ1) is 18.6. The van der Waals surface area contributed by atoms with Crippen LogP contribution in [-0.2, 0) is 0 Å². The summed E-state index contributed by atoms with van der Waals surface area (Å²) < 4.78 is 11.8. The number of hydrogen-bond donors (Lipinski definition) is 1. The lowest BCUT2D eigenvalue weighted by Gasteiger charge is -2.32. The van der Waals surface area contributed by atoms with Crippen molar-refractivity contribution in [2.45, 2.75) is 19.3 Å². The first-order valence-electron chi connectivity index (χ1n) is 8.48. The zero-order valence-corrected chi connectivity index (χ0v) is 14.9. The van der Waals surface area contributed by atoms with Crippen LogP contribution in [0.5, 0.6) is 11.5 Å². The van der Waals surface area contributed by atoms with Gasteiger partial charge in [-0.2, -0.15) is 0 Å². The molecule has 2 aromatic carbocycles. The molecule has 3 nitrogen and oxygen atoms in total. The van der Waals surface area contributed by atoms with E-state index in [-0.39, 0.29) is 12.4 Å². The lowest BCUT2D eigenvalue weighted by molar-refractivity contribution is 0.189. The second-order valence-electron chi connectivity index (χ2n) is 5.96. The van der Waals surface area contributed by atoms with Crippen molar-refractivity contribution >= 4 is 12.4 Å². The van der Waals surface area contributed by atoms with Crippen LogP contribution in [0.4, 0.5) is 0 Å². The Kier molecular flexibility index (Phi) is 7.41. The Balaban J connectivity index is 0.00000208. The van der Waals surface area contributed by atoms with Crippen molar-refractivity contribution in [2.24, 2.45) is 5.92 Å². The third-order valence-electron chi connectivity index (χ3n) is 4.44. The summed E-state index contributed by atoms with van der Waals surface area (Å²) in [4.78, 5) is 0. The molecule has 1 aliphatic rings. The molecule has 1 aliphatic heterocycles. The van der Waals surface area contributed by atoms with Crippen LogP contribution in [0.2, 0.25) is 0 Å². The van der Waals surface area contributed by atoms with E-state index < -0.39 is 0 Å². The third-order valence-corrected chi connectivity index (χ3v) is 4.44. The molecule has 0 aromatic heterocycles. The van der Waals surface area contributed by atoms with E-state index in [9.17, 15) is 0 Å². The first-order valence-corrected chi connectivity index (χ1v) is 8.48. The summed E-state index contributed by atoms with van der Waals surface area (Å²) >= 11 is 0. The number of hydrogen-bond acceptors (Lipinski definition) is 3. The van der Waals surface area contributed by atoms with Gasteiger partial charge in [-0.25, -0.2) is 0 Å². The molecule has 0 aliphatic carbocycles. The highest BCUT2D eigenvalue weighted by molar-refractivity contribution is 5.85. The monoisotopic (exact) mass is 347 g/mol. The highest BCUT2D eigenvalue weighted by atomic mass is 35.5. The smallest absolute Gasteiger partial charge is 0.161 e. The van der Waals surface area contributed by atoms with Crippen molar-refractivity contribution in [3.05, 3.63) is 60.2 Å². The van der Waals surface area contributed by atoms with Gasteiger partial charge in [0.05, 0.1) is 13.2 Å². The largest absolute Gasteiger partial charge is 0.490 e. The van der Waals surface area contributed by atoms with Gasteiger partial charge in [-0.15, -0.1) is 12.4 Å². The van der Waals surface area contributed by atoms with Gasteiger partial charge in [-0.3, -0.25) is 0 Å². The quantitative estimate of drug-likeness (QED) is 0.846. The molecule has 1 fully saturated rings. The lowest BCUT2D eigenvalue weighted by Crippen LogP contribution is -2.38. The summed E-state index contributed by atoms with van der Waals surface area (Å²) in [6.45, 7) is 5.42. The number of para-hydroxylation sites is 2. The van der Waals surface area contributed by atoms with Crippen molar-refractivity contribution in [3.63, 3.8) is 0 Å². The van der Waals surface area contributed by atoms with E-state index in [0.29, 0.717) is 25.0 Å². The average molecular weight is 348 g/mol. The zero-order chi connectivity index (χ0) is 15.9. The summed E-state index contributed by atoms with van der Waals surface area (Å²) in [5, 5.41) is 3.50. The molecule has 24 heavy (non-hydrogen) atoms. The Morgan fingerprint density at radius 1 is 0.958 bits per heavy atom. The third kappa shape index (κ3) is 4.65. The first-order chi connectivity index (χ1) is 11.4. The van der Waals surface area contributed by atoms with Gasteiger partial charge in [0.1, 0.15) is 0 Å². The second-order valence-corrected chi connectivity index (χ2v) is 5.96. The minimum Gasteiger partial charge on any atom is -0.490 e. The fraction of sp³-hybridized carbons (Fsp3) is 0.400. The molecule has 1 N–H and O–H groups in total. The van der Waals surface area contributed by atoms with Gasteiger partial charge in [0.15, 0.2) is 11.5 Å². The fourth-order valence-electron chi connectivity index (χ4n) is 3.28. The summed E-state index contributed by atoms with van der Waals surface area (Å²) in [6, 6.07) is 18.7. The van der Waals surface area contributed by atoms with Crippen molar-refractivity contribution in [2.75, 3.05) is 26.3 Å². The van der Waals surface area contributed by atoms with Gasteiger partial charge in [0.25, 0.3) is 0 Å². The molecule has 0 amide bonds. The predicted octanol–water partition coefficient (Wildman–Crippen LogP) is 4.28. The van der Waals surface area contributed by atoms with E-state index in [1.165, 1.54) is 5.56 Å². The van der Waals surface area contributed by atoms with Crippen LogP contribution >= 0.6 is 12.4 Å². The molecular weight excluding hydrogens is 322 g/mol. The zero-order valence-electron chi connectivity index (χ0n) is 14.1. The number of nitrogens with one attached hydrogen (secondary N) is 1. The predicted molar refractivity (Wildman–Crippen MR) is 101 cm³/mol. The second kappa shape index (κ2) is 9.55. The number of piperidine rings is 1. The maximum absolute atomic E-state index is 6.12. The normalized spacial score (nSPS) is 20.0. The average Bonchev–Trinajstić information content (AvgIpc) is 2.62. The van der Waals surface area contributed by atoms with Gasteiger partial charge in [0.2, 0.25) is 0 Å². The summed E-state index contributed by atoms with van der Waals surface area (Å²) in [7, 11) is 0. The molecule has 130 valence electrons. The summed E-state index contributed by atoms with van der Waals surface area (Å²) in [5.74, 6) is 2.69. The van der Waals surface area contributed by atoms with E-state index in [0.717, 1.165) is 31.0 Å². The van der Waals surface area contributed by atoms with Crippen molar-refractivity contribution in [1.82, 2.24) is 5.32 Å². The van der Waals surface area contributed by atoms with Gasteiger partial charge in [0, 0.05) is 12.5 Å². The Labute approximate surface area is 150 Å². The summed E-state index contributed by atoms with van der Waals surface area (Å²) in [5.41, 5.74) is 1.42. The fourth-order valence-corrected chi connectivity index (χ4v) is 3.28. The van der Waals surface area contributed by atoms with Gasteiger partial charge >= 0.3 is 0 Å². The molecular formula is C20H26ClNO2. The van der Waals surface area contributed by atoms with Crippen LogP contribution in [0.15, 0.2) is 54.6 Å². The Morgan fingerprint density at radius 2 is 1.62 bits per heavy atom. The van der Waals surface area contributed by atoms with E-state index in [4.69, 9.17) is 9.47 Å². The number of ether oxygens (including phenoxy) is 2. The molecule has 0 radical (unpaired) electrons. The molecule has 2 atom stereocenters. The topological polar surface area (TPSA) is 30.5 Å². The molecule has 4 heteroatoms. The Hall–Kier alpha value is -1.71. The highest BCUT2D eigenvalue weighted by Crippen LogP contribution is 2.32. The standard InChI is InChI=1S/C20H25NO2.ClH/c1-2-22-19-10-6-7-11-20(19)23-15-17-14-21-13-12-18(17)16-8-4-3-5-9-16;/h3-11,17-18,21H,2,12-15H2,1H3;1H/t17-,18+;/m0./s1. The van der Waals surface area contributed by atoms with Crippen LogP contribution in [0.1, 0.15) is 24.8 Å². The van der Waals surface area contributed by atoms with Gasteiger partial charge in [-0.05, 0) is 43.5 Å². The molecule has 0 saturated carbocycles. The SMILES string of the molecule is CCOc1ccccc1OC[C@@H]1CNCC[C@@H]1c1ccccc1.Cl. The van der Waals surface area contributed by atoms with Crippen LogP contribution in [0.25, 0.3) is 0 Å². The Bertz CT molecular complexity index is 606. The molecule has 0 spiro atoms. The molecule has 1 heterocycles. The molecule has 2 aromatic rings. The molecule has 3 rings (SSSR count). The molecule has 0 unspecified atom stereocenters. The van der Waals surface area contributed by atoms with E-state index in [1.807, 2.05) is 31.2 Å². The number of rotatable bonds is 6. The van der Waals surface area contributed by atoms with Crippen LogP contribution in [0, 0.1) is 5.92 Å². The lowest BCUT2D eigenvalue weighted by atomic mass is 9.81. The maximum atomic E-state index is 6.12. The van der Waals surface area contributed by atoms with E-state index in [2.05, 4.69) is 35.6 Å². The molecule has 1 saturated heterocycles. The van der Waals surface area contributed by atoms with Crippen LogP contribution < -0.4 is 14.8 Å². The minimum absolute atomic E-state index is 0. The number of halogens is 1.